The molecular weight excluding hydrogens is 269 g/mol. The number of aromatic nitrogens is 2. The molecule has 1 fully saturated rings. The van der Waals surface area contributed by atoms with Gasteiger partial charge >= 0.3 is 5.69 Å². The molecule has 1 aromatic heterocycles. The number of anilines is 1. The van der Waals surface area contributed by atoms with Crippen molar-refractivity contribution >= 4 is 11.9 Å². The van der Waals surface area contributed by atoms with Crippen LogP contribution in [0.1, 0.15) is 11.8 Å². The summed E-state index contributed by atoms with van der Waals surface area (Å²) in [5, 5.41) is 19.1. The highest BCUT2D eigenvalue weighted by molar-refractivity contribution is 5.57. The van der Waals surface area contributed by atoms with Crippen LogP contribution in [0.4, 0.5) is 10.2 Å². The van der Waals surface area contributed by atoms with Crippen LogP contribution in [0.2, 0.25) is 0 Å². The van der Waals surface area contributed by atoms with Crippen molar-refractivity contribution in [3.63, 3.8) is 0 Å². The molecule has 4 N–H and O–H groups in total. The maximum absolute atomic E-state index is 12.7. The molecule has 20 heavy (non-hydrogen) atoms. The van der Waals surface area contributed by atoms with Crippen molar-refractivity contribution in [1.82, 2.24) is 9.55 Å². The Bertz CT molecular complexity index is 613. The Morgan fingerprint density at radius 2 is 2.35 bits per heavy atom. The smallest absolute Gasteiger partial charge is 0.351 e. The lowest BCUT2D eigenvalue weighted by atomic mass is 10.1. The average molecular weight is 283 g/mol. The third-order valence-corrected chi connectivity index (χ3v) is 3.08. The van der Waals surface area contributed by atoms with Gasteiger partial charge in [0, 0.05) is 17.3 Å². The van der Waals surface area contributed by atoms with E-state index in [1.165, 1.54) is 12.3 Å². The fraction of sp³-hybridized carbons (Fsp3) is 0.333. The summed E-state index contributed by atoms with van der Waals surface area (Å²) in [6, 6.07) is 0. The summed E-state index contributed by atoms with van der Waals surface area (Å²) < 4.78 is 19.0. The number of nitrogens with zero attached hydrogens (tertiary/aromatic N) is 2. The predicted octanol–water partition coefficient (Wildman–Crippen LogP) is -0.428. The van der Waals surface area contributed by atoms with Gasteiger partial charge in [0.2, 0.25) is 0 Å². The molecule has 8 heteroatoms. The van der Waals surface area contributed by atoms with E-state index in [0.717, 1.165) is 4.57 Å². The highest BCUT2D eigenvalue weighted by Crippen LogP contribution is 2.32. The van der Waals surface area contributed by atoms with Gasteiger partial charge in [0.1, 0.15) is 18.0 Å². The van der Waals surface area contributed by atoms with Gasteiger partial charge in [-0.2, -0.15) is 4.98 Å². The van der Waals surface area contributed by atoms with Crippen LogP contribution in [-0.2, 0) is 4.74 Å². The van der Waals surface area contributed by atoms with Gasteiger partial charge < -0.3 is 20.7 Å². The summed E-state index contributed by atoms with van der Waals surface area (Å²) in [6.45, 7) is 3.00. The van der Waals surface area contributed by atoms with Gasteiger partial charge in [0.05, 0.1) is 12.9 Å². The topological polar surface area (TPSA) is 111 Å². The summed E-state index contributed by atoms with van der Waals surface area (Å²) in [5.41, 5.74) is 5.01. The molecule has 3 atom stereocenters. The number of ether oxygens (including phenoxy) is 1. The minimum Gasteiger partial charge on any atom is -0.393 e. The Balaban J connectivity index is 2.47. The molecule has 108 valence electrons. The van der Waals surface area contributed by atoms with Gasteiger partial charge in [-0.05, 0) is 0 Å². The number of nitrogens with two attached hydrogens (primary N) is 1. The third-order valence-electron chi connectivity index (χ3n) is 3.08. The molecule has 2 heterocycles. The molecule has 0 amide bonds. The molecule has 3 unspecified atom stereocenters. The lowest BCUT2D eigenvalue weighted by Gasteiger charge is -2.17. The van der Waals surface area contributed by atoms with E-state index in [2.05, 4.69) is 11.6 Å². The van der Waals surface area contributed by atoms with Gasteiger partial charge in [-0.25, -0.2) is 9.18 Å². The van der Waals surface area contributed by atoms with Crippen molar-refractivity contribution in [2.24, 2.45) is 0 Å². The zero-order valence-corrected chi connectivity index (χ0v) is 10.4. The van der Waals surface area contributed by atoms with Crippen LogP contribution in [0.25, 0.3) is 6.08 Å². The molecule has 1 saturated heterocycles. The maximum Gasteiger partial charge on any atom is 0.351 e. The first kappa shape index (κ1) is 14.4. The molecule has 0 spiro atoms. The first-order valence-corrected chi connectivity index (χ1v) is 5.79. The Hall–Kier alpha value is -2.03. The highest BCUT2D eigenvalue weighted by Gasteiger charge is 2.40. The van der Waals surface area contributed by atoms with E-state index in [4.69, 9.17) is 15.6 Å². The SMILES string of the molecule is C=Cc1cn(C2OC(CO)C(=CF)C2O)c(=O)nc1N. The van der Waals surface area contributed by atoms with Crippen molar-refractivity contribution in [2.45, 2.75) is 18.4 Å². The molecule has 0 saturated carbocycles. The lowest BCUT2D eigenvalue weighted by Crippen LogP contribution is -2.32. The van der Waals surface area contributed by atoms with E-state index >= 15 is 0 Å². The van der Waals surface area contributed by atoms with Crippen molar-refractivity contribution in [1.29, 1.82) is 0 Å². The predicted molar refractivity (Wildman–Crippen MR) is 69.2 cm³/mol. The quantitative estimate of drug-likeness (QED) is 0.694. The van der Waals surface area contributed by atoms with Gasteiger partial charge in [-0.15, -0.1) is 0 Å². The number of hydrogen-bond acceptors (Lipinski definition) is 6. The Morgan fingerprint density at radius 3 is 2.85 bits per heavy atom. The summed E-state index contributed by atoms with van der Waals surface area (Å²) in [4.78, 5) is 15.4. The first-order valence-electron chi connectivity index (χ1n) is 5.79. The fourth-order valence-electron chi connectivity index (χ4n) is 2.01. The average Bonchev–Trinajstić information content (AvgIpc) is 2.75. The Kier molecular flexibility index (Phi) is 3.98. The molecule has 0 aliphatic carbocycles. The highest BCUT2D eigenvalue weighted by atomic mass is 19.1. The molecule has 0 aromatic carbocycles. The van der Waals surface area contributed by atoms with E-state index in [1.54, 1.807) is 0 Å². The monoisotopic (exact) mass is 283 g/mol. The number of nitrogen functional groups attached to an aromatic ring is 1. The molecular formula is C12H14FN3O4. The van der Waals surface area contributed by atoms with Gasteiger partial charge in [0.25, 0.3) is 0 Å². The second-order valence-electron chi connectivity index (χ2n) is 4.23. The van der Waals surface area contributed by atoms with E-state index < -0.39 is 30.7 Å². The van der Waals surface area contributed by atoms with Crippen LogP contribution in [-0.4, -0.2) is 38.6 Å². The van der Waals surface area contributed by atoms with Gasteiger partial charge in [-0.3, -0.25) is 4.57 Å². The van der Waals surface area contributed by atoms with Crippen molar-refractivity contribution in [2.75, 3.05) is 12.3 Å². The second kappa shape index (κ2) is 5.53. The van der Waals surface area contributed by atoms with Gasteiger partial charge in [0.15, 0.2) is 6.23 Å². The fourth-order valence-corrected chi connectivity index (χ4v) is 2.01. The van der Waals surface area contributed by atoms with Crippen molar-refractivity contribution in [3.8, 4) is 0 Å². The first-order chi connectivity index (χ1) is 9.53. The minimum absolute atomic E-state index is 0.00583. The summed E-state index contributed by atoms with van der Waals surface area (Å²) in [6.07, 6.45) is -0.755. The van der Waals surface area contributed by atoms with Crippen LogP contribution in [0.3, 0.4) is 0 Å². The largest absolute Gasteiger partial charge is 0.393 e. The molecule has 0 bridgehead atoms. The normalized spacial score (nSPS) is 27.9. The van der Waals surface area contributed by atoms with Crippen molar-refractivity contribution < 1.29 is 19.3 Å². The van der Waals surface area contributed by atoms with Crippen LogP contribution >= 0.6 is 0 Å². The van der Waals surface area contributed by atoms with E-state index in [1.807, 2.05) is 0 Å². The molecule has 0 radical (unpaired) electrons. The Labute approximate surface area is 113 Å². The summed E-state index contributed by atoms with van der Waals surface area (Å²) in [7, 11) is 0. The zero-order chi connectivity index (χ0) is 14.9. The minimum atomic E-state index is -1.40. The van der Waals surface area contributed by atoms with E-state index in [9.17, 15) is 14.3 Å². The molecule has 2 rings (SSSR count). The Morgan fingerprint density at radius 1 is 1.65 bits per heavy atom. The van der Waals surface area contributed by atoms with Crippen molar-refractivity contribution in [3.05, 3.63) is 40.7 Å². The van der Waals surface area contributed by atoms with E-state index in [0.29, 0.717) is 5.56 Å². The number of aliphatic hydroxyl groups excluding tert-OH is 2. The maximum atomic E-state index is 12.7. The summed E-state index contributed by atoms with van der Waals surface area (Å²) in [5.74, 6) is -0.00583. The molecule has 1 aliphatic rings. The van der Waals surface area contributed by atoms with Crippen LogP contribution in [0.5, 0.6) is 0 Å². The second-order valence-corrected chi connectivity index (χ2v) is 4.23. The standard InChI is InChI=1S/C12H14FN3O4/c1-2-6-4-16(12(19)15-10(6)14)11-9(18)7(3-13)8(5-17)20-11/h2-4,8-9,11,17-18H,1,5H2,(H2,14,15,19). The van der Waals surface area contributed by atoms with Crippen LogP contribution in [0.15, 0.2) is 29.5 Å². The van der Waals surface area contributed by atoms with Gasteiger partial charge in [-0.1, -0.05) is 12.7 Å². The number of rotatable bonds is 3. The van der Waals surface area contributed by atoms with E-state index in [-0.39, 0.29) is 17.7 Å². The number of hydrogen-bond donors (Lipinski definition) is 3. The zero-order valence-electron chi connectivity index (χ0n) is 10.4. The molecule has 7 nitrogen and oxygen atoms in total. The molecule has 1 aliphatic heterocycles. The third kappa shape index (κ3) is 2.24. The number of aliphatic hydroxyl groups is 2. The number of halogens is 1. The van der Waals surface area contributed by atoms with Crippen LogP contribution < -0.4 is 11.4 Å². The van der Waals surface area contributed by atoms with Crippen LogP contribution in [0, 0.1) is 0 Å². The lowest BCUT2D eigenvalue weighted by molar-refractivity contribution is -0.0527. The summed E-state index contributed by atoms with van der Waals surface area (Å²) >= 11 is 0. The molecule has 1 aromatic rings.